The van der Waals surface area contributed by atoms with E-state index < -0.39 is 0 Å². The largest absolute Gasteiger partial charge is 0.356 e. The van der Waals surface area contributed by atoms with Crippen molar-refractivity contribution in [3.8, 4) is 0 Å². The highest BCUT2D eigenvalue weighted by molar-refractivity contribution is 14.0. The Bertz CT molecular complexity index is 314. The molecule has 1 heterocycles. The van der Waals surface area contributed by atoms with E-state index in [0.717, 1.165) is 31.9 Å². The number of rotatable bonds is 10. The molecule has 0 aliphatic carbocycles. The maximum Gasteiger partial charge on any atom is 0.193 e. The number of unbranched alkanes of at least 4 members (excludes halogenated alkanes) is 3. The van der Waals surface area contributed by atoms with Gasteiger partial charge >= 0.3 is 0 Å². The molecule has 136 valence electrons. The van der Waals surface area contributed by atoms with E-state index in [1.807, 2.05) is 13.1 Å². The third-order valence-electron chi connectivity index (χ3n) is 4.36. The second kappa shape index (κ2) is 15.2. The molecule has 0 aromatic rings. The average molecular weight is 436 g/mol. The SMILES string of the molecule is C=CCCCN(C)C(=NC)NCCCCCN1CCCCC1.I. The number of guanidine groups is 1. The van der Waals surface area contributed by atoms with Crippen molar-refractivity contribution >= 4 is 29.9 Å². The van der Waals surface area contributed by atoms with Crippen LogP contribution in [0.2, 0.25) is 0 Å². The molecule has 23 heavy (non-hydrogen) atoms. The van der Waals surface area contributed by atoms with Crippen molar-refractivity contribution in [2.45, 2.75) is 51.4 Å². The zero-order chi connectivity index (χ0) is 16.0. The van der Waals surface area contributed by atoms with Crippen LogP contribution >= 0.6 is 24.0 Å². The topological polar surface area (TPSA) is 30.9 Å². The third-order valence-corrected chi connectivity index (χ3v) is 4.36. The van der Waals surface area contributed by atoms with E-state index in [1.54, 1.807) is 0 Å². The number of piperidine rings is 1. The first kappa shape index (κ1) is 22.7. The molecule has 0 radical (unpaired) electrons. The van der Waals surface area contributed by atoms with Gasteiger partial charge in [0.15, 0.2) is 5.96 Å². The maximum absolute atomic E-state index is 4.36. The highest BCUT2D eigenvalue weighted by Gasteiger charge is 2.09. The molecule has 0 aromatic carbocycles. The number of nitrogens with one attached hydrogen (secondary N) is 1. The molecular formula is C18H37IN4. The lowest BCUT2D eigenvalue weighted by Crippen LogP contribution is -2.39. The standard InChI is InChI=1S/C18H36N4.HI/c1-4-5-9-14-21(3)18(19-2)20-13-8-6-10-15-22-16-11-7-12-17-22;/h4H,1,5-17H2,2-3H3,(H,19,20);1H. The molecule has 5 heteroatoms. The summed E-state index contributed by atoms with van der Waals surface area (Å²) in [6, 6.07) is 0. The molecule has 1 saturated heterocycles. The van der Waals surface area contributed by atoms with Crippen molar-refractivity contribution in [2.24, 2.45) is 4.99 Å². The number of hydrogen-bond acceptors (Lipinski definition) is 2. The summed E-state index contributed by atoms with van der Waals surface area (Å²) >= 11 is 0. The average Bonchev–Trinajstić information content (AvgIpc) is 2.55. The summed E-state index contributed by atoms with van der Waals surface area (Å²) in [7, 11) is 3.97. The fourth-order valence-electron chi connectivity index (χ4n) is 2.98. The van der Waals surface area contributed by atoms with E-state index in [4.69, 9.17) is 0 Å². The lowest BCUT2D eigenvalue weighted by Gasteiger charge is -2.26. The summed E-state index contributed by atoms with van der Waals surface area (Å²) < 4.78 is 0. The third kappa shape index (κ3) is 11.0. The Morgan fingerprint density at radius 3 is 2.57 bits per heavy atom. The van der Waals surface area contributed by atoms with E-state index in [1.165, 1.54) is 58.2 Å². The Morgan fingerprint density at radius 1 is 1.17 bits per heavy atom. The van der Waals surface area contributed by atoms with E-state index in [2.05, 4.69) is 33.7 Å². The Kier molecular flexibility index (Phi) is 15.0. The van der Waals surface area contributed by atoms with Gasteiger partial charge in [0, 0.05) is 27.2 Å². The highest BCUT2D eigenvalue weighted by Crippen LogP contribution is 2.09. The molecule has 0 spiro atoms. The van der Waals surface area contributed by atoms with Crippen LogP contribution in [0.1, 0.15) is 51.4 Å². The molecule has 1 aliphatic rings. The van der Waals surface area contributed by atoms with Crippen LogP contribution in [0.5, 0.6) is 0 Å². The van der Waals surface area contributed by atoms with Gasteiger partial charge < -0.3 is 15.1 Å². The number of hydrogen-bond donors (Lipinski definition) is 1. The van der Waals surface area contributed by atoms with Gasteiger partial charge in [0.05, 0.1) is 0 Å². The lowest BCUT2D eigenvalue weighted by atomic mass is 10.1. The van der Waals surface area contributed by atoms with Gasteiger partial charge in [-0.15, -0.1) is 30.6 Å². The van der Waals surface area contributed by atoms with Gasteiger partial charge in [0.25, 0.3) is 0 Å². The van der Waals surface area contributed by atoms with Gasteiger partial charge in [0.1, 0.15) is 0 Å². The van der Waals surface area contributed by atoms with Gasteiger partial charge in [-0.05, 0) is 58.2 Å². The van der Waals surface area contributed by atoms with Gasteiger partial charge in [-0.25, -0.2) is 0 Å². The first-order chi connectivity index (χ1) is 10.8. The Morgan fingerprint density at radius 2 is 1.91 bits per heavy atom. The second-order valence-electron chi connectivity index (χ2n) is 6.29. The van der Waals surface area contributed by atoms with E-state index in [9.17, 15) is 0 Å². The van der Waals surface area contributed by atoms with Crippen LogP contribution in [0.3, 0.4) is 0 Å². The zero-order valence-corrected chi connectivity index (χ0v) is 17.6. The molecule has 1 aliphatic heterocycles. The summed E-state index contributed by atoms with van der Waals surface area (Å²) in [4.78, 5) is 9.19. The molecule has 0 unspecified atom stereocenters. The van der Waals surface area contributed by atoms with Crippen LogP contribution in [0.15, 0.2) is 17.6 Å². The smallest absolute Gasteiger partial charge is 0.193 e. The van der Waals surface area contributed by atoms with Crippen molar-refractivity contribution in [1.82, 2.24) is 15.1 Å². The minimum absolute atomic E-state index is 0. The first-order valence-electron chi connectivity index (χ1n) is 9.03. The Balaban J connectivity index is 0.00000484. The van der Waals surface area contributed by atoms with E-state index in [0.29, 0.717) is 0 Å². The number of likely N-dealkylation sites (tertiary alicyclic amines) is 1. The molecule has 4 nitrogen and oxygen atoms in total. The van der Waals surface area contributed by atoms with Crippen molar-refractivity contribution in [3.63, 3.8) is 0 Å². The molecule has 0 aromatic heterocycles. The van der Waals surface area contributed by atoms with Crippen molar-refractivity contribution in [2.75, 3.05) is 46.8 Å². The monoisotopic (exact) mass is 436 g/mol. The normalized spacial score (nSPS) is 15.8. The van der Waals surface area contributed by atoms with Crippen LogP contribution in [-0.4, -0.2) is 62.6 Å². The van der Waals surface area contributed by atoms with Crippen molar-refractivity contribution < 1.29 is 0 Å². The molecule has 1 fully saturated rings. The summed E-state index contributed by atoms with van der Waals surface area (Å²) in [5, 5.41) is 3.47. The molecule has 0 bridgehead atoms. The molecular weight excluding hydrogens is 399 g/mol. The minimum atomic E-state index is 0. The summed E-state index contributed by atoms with van der Waals surface area (Å²) in [6.45, 7) is 9.75. The van der Waals surface area contributed by atoms with Gasteiger partial charge in [-0.3, -0.25) is 4.99 Å². The number of halogens is 1. The quantitative estimate of drug-likeness (QED) is 0.186. The van der Waals surface area contributed by atoms with Gasteiger partial charge in [-0.1, -0.05) is 18.9 Å². The number of allylic oxidation sites excluding steroid dienone is 1. The number of aliphatic imine (C=N–C) groups is 1. The summed E-state index contributed by atoms with van der Waals surface area (Å²) in [6.07, 6.45) is 12.3. The number of nitrogens with zero attached hydrogens (tertiary/aromatic N) is 3. The molecule has 1 N–H and O–H groups in total. The van der Waals surface area contributed by atoms with E-state index in [-0.39, 0.29) is 24.0 Å². The van der Waals surface area contributed by atoms with Crippen LogP contribution in [0, 0.1) is 0 Å². The van der Waals surface area contributed by atoms with Crippen LogP contribution < -0.4 is 5.32 Å². The molecule has 0 amide bonds. The maximum atomic E-state index is 4.36. The first-order valence-corrected chi connectivity index (χ1v) is 9.03. The minimum Gasteiger partial charge on any atom is -0.356 e. The molecule has 0 saturated carbocycles. The summed E-state index contributed by atoms with van der Waals surface area (Å²) in [5.41, 5.74) is 0. The van der Waals surface area contributed by atoms with Crippen LogP contribution in [0.25, 0.3) is 0 Å². The second-order valence-corrected chi connectivity index (χ2v) is 6.29. The Hall–Kier alpha value is -0.300. The van der Waals surface area contributed by atoms with Crippen molar-refractivity contribution in [1.29, 1.82) is 0 Å². The summed E-state index contributed by atoms with van der Waals surface area (Å²) in [5.74, 6) is 1.01. The molecule has 1 rings (SSSR count). The van der Waals surface area contributed by atoms with Crippen LogP contribution in [-0.2, 0) is 0 Å². The van der Waals surface area contributed by atoms with E-state index >= 15 is 0 Å². The van der Waals surface area contributed by atoms with Gasteiger partial charge in [-0.2, -0.15) is 0 Å². The molecule has 0 atom stereocenters. The highest BCUT2D eigenvalue weighted by atomic mass is 127. The zero-order valence-electron chi connectivity index (χ0n) is 15.2. The predicted octanol–water partition coefficient (Wildman–Crippen LogP) is 3.73. The fourth-order valence-corrected chi connectivity index (χ4v) is 2.98. The lowest BCUT2D eigenvalue weighted by molar-refractivity contribution is 0.224. The predicted molar refractivity (Wildman–Crippen MR) is 113 cm³/mol. The Labute approximate surface area is 160 Å². The van der Waals surface area contributed by atoms with Gasteiger partial charge in [0.2, 0.25) is 0 Å². The van der Waals surface area contributed by atoms with Crippen LogP contribution in [0.4, 0.5) is 0 Å². The fraction of sp³-hybridized carbons (Fsp3) is 0.833. The van der Waals surface area contributed by atoms with Crippen molar-refractivity contribution in [3.05, 3.63) is 12.7 Å².